The van der Waals surface area contributed by atoms with Crippen LogP contribution in [-0.4, -0.2) is 44.0 Å². The van der Waals surface area contributed by atoms with E-state index in [1.807, 2.05) is 0 Å². The summed E-state index contributed by atoms with van der Waals surface area (Å²) < 4.78 is 36.1. The molecule has 0 heterocycles. The van der Waals surface area contributed by atoms with Crippen molar-refractivity contribution in [2.24, 2.45) is 5.14 Å². The van der Waals surface area contributed by atoms with Crippen LogP contribution < -0.4 is 5.14 Å². The quantitative estimate of drug-likeness (QED) is 0.727. The van der Waals surface area contributed by atoms with Gasteiger partial charge in [-0.2, -0.15) is 0 Å². The van der Waals surface area contributed by atoms with Gasteiger partial charge in [-0.1, -0.05) is 6.08 Å². The number of amides is 1. The van der Waals surface area contributed by atoms with Crippen LogP contribution in [-0.2, 0) is 10.0 Å². The minimum atomic E-state index is -4.16. The van der Waals surface area contributed by atoms with Crippen molar-refractivity contribution in [3.8, 4) is 0 Å². The summed E-state index contributed by atoms with van der Waals surface area (Å²) in [5.74, 6) is -1.51. The fourth-order valence-electron chi connectivity index (χ4n) is 1.64. The van der Waals surface area contributed by atoms with Crippen LogP contribution in [0.3, 0.4) is 0 Å². The van der Waals surface area contributed by atoms with Crippen LogP contribution in [0.1, 0.15) is 10.4 Å². The van der Waals surface area contributed by atoms with E-state index in [2.05, 4.69) is 6.58 Å². The maximum atomic E-state index is 13.3. The number of hydrogen-bond donors (Lipinski definition) is 2. The van der Waals surface area contributed by atoms with Gasteiger partial charge in [0.1, 0.15) is 5.82 Å². The highest BCUT2D eigenvalue weighted by molar-refractivity contribution is 7.89. The second kappa shape index (κ2) is 6.60. The van der Waals surface area contributed by atoms with E-state index in [4.69, 9.17) is 10.2 Å². The van der Waals surface area contributed by atoms with Gasteiger partial charge in [-0.25, -0.2) is 17.9 Å². The number of sulfonamides is 1. The van der Waals surface area contributed by atoms with Crippen molar-refractivity contribution in [3.63, 3.8) is 0 Å². The molecule has 0 fully saturated rings. The molecule has 0 saturated carbocycles. The zero-order valence-electron chi connectivity index (χ0n) is 10.6. The third-order valence-electron chi connectivity index (χ3n) is 2.49. The number of benzene rings is 1. The second-order valence-electron chi connectivity index (χ2n) is 3.95. The molecule has 1 aromatic rings. The van der Waals surface area contributed by atoms with Gasteiger partial charge in [-0.3, -0.25) is 4.79 Å². The second-order valence-corrected chi connectivity index (χ2v) is 5.48. The Bertz CT molecular complexity index is 616. The lowest BCUT2D eigenvalue weighted by atomic mass is 10.2. The summed E-state index contributed by atoms with van der Waals surface area (Å²) in [6.45, 7) is 3.18. The van der Waals surface area contributed by atoms with Crippen LogP contribution >= 0.6 is 0 Å². The molecule has 1 amide bonds. The van der Waals surface area contributed by atoms with Crippen molar-refractivity contribution < 1.29 is 22.7 Å². The lowest BCUT2D eigenvalue weighted by molar-refractivity contribution is 0.0738. The first kappa shape index (κ1) is 16.3. The van der Waals surface area contributed by atoms with E-state index in [1.165, 1.54) is 6.08 Å². The number of rotatable bonds is 6. The summed E-state index contributed by atoms with van der Waals surface area (Å²) in [5.41, 5.74) is -0.372. The first-order valence-electron chi connectivity index (χ1n) is 5.64. The number of nitrogens with two attached hydrogens (primary N) is 1. The molecule has 20 heavy (non-hydrogen) atoms. The van der Waals surface area contributed by atoms with E-state index in [1.54, 1.807) is 0 Å². The smallest absolute Gasteiger partial charge is 0.255 e. The molecule has 0 aliphatic rings. The number of halogens is 1. The van der Waals surface area contributed by atoms with Crippen molar-refractivity contribution in [1.29, 1.82) is 0 Å². The Hall–Kier alpha value is -1.77. The highest BCUT2D eigenvalue weighted by Gasteiger charge is 2.23. The normalized spacial score (nSPS) is 11.2. The standard InChI is InChI=1S/C12H15FN2O4S/c1-2-5-15(6-7-16)12(17)10-8-9(13)3-4-11(10)20(14,18)19/h2-4,8,16H,1,5-7H2,(H2,14,18,19). The predicted octanol–water partition coefficient (Wildman–Crippen LogP) is 0.0936. The fraction of sp³-hybridized carbons (Fsp3) is 0.250. The Morgan fingerprint density at radius 2 is 2.15 bits per heavy atom. The average Bonchev–Trinajstić information content (AvgIpc) is 2.36. The third-order valence-corrected chi connectivity index (χ3v) is 3.45. The summed E-state index contributed by atoms with van der Waals surface area (Å²) in [4.78, 5) is 12.9. The lowest BCUT2D eigenvalue weighted by Crippen LogP contribution is -2.35. The highest BCUT2D eigenvalue weighted by Crippen LogP contribution is 2.18. The zero-order chi connectivity index (χ0) is 15.3. The molecule has 0 saturated heterocycles. The minimum Gasteiger partial charge on any atom is -0.395 e. The van der Waals surface area contributed by atoms with Crippen LogP contribution in [0.15, 0.2) is 35.7 Å². The Balaban J connectivity index is 3.32. The van der Waals surface area contributed by atoms with Gasteiger partial charge < -0.3 is 10.0 Å². The third kappa shape index (κ3) is 3.86. The molecule has 0 atom stereocenters. The molecular weight excluding hydrogens is 287 g/mol. The van der Waals surface area contributed by atoms with Gasteiger partial charge in [0.2, 0.25) is 10.0 Å². The Kier molecular flexibility index (Phi) is 5.37. The van der Waals surface area contributed by atoms with Gasteiger partial charge >= 0.3 is 0 Å². The SMILES string of the molecule is C=CCN(CCO)C(=O)c1cc(F)ccc1S(N)(=O)=O. The number of aliphatic hydroxyl groups excluding tert-OH is 1. The molecule has 0 radical (unpaired) electrons. The molecule has 8 heteroatoms. The molecule has 1 aromatic carbocycles. The summed E-state index contributed by atoms with van der Waals surface area (Å²) in [7, 11) is -4.16. The number of nitrogens with zero attached hydrogens (tertiary/aromatic N) is 1. The van der Waals surface area contributed by atoms with Crippen molar-refractivity contribution in [3.05, 3.63) is 42.2 Å². The summed E-state index contributed by atoms with van der Waals surface area (Å²) in [6, 6.07) is 2.64. The van der Waals surface area contributed by atoms with Crippen LogP contribution in [0.2, 0.25) is 0 Å². The van der Waals surface area contributed by atoms with E-state index in [-0.39, 0.29) is 25.3 Å². The Labute approximate surface area is 116 Å². The zero-order valence-corrected chi connectivity index (χ0v) is 11.4. The van der Waals surface area contributed by atoms with Crippen molar-refractivity contribution in [2.45, 2.75) is 4.90 Å². The van der Waals surface area contributed by atoms with Crippen molar-refractivity contribution in [2.75, 3.05) is 19.7 Å². The van der Waals surface area contributed by atoms with Crippen molar-refractivity contribution in [1.82, 2.24) is 4.90 Å². The maximum absolute atomic E-state index is 13.3. The lowest BCUT2D eigenvalue weighted by Gasteiger charge is -2.21. The van der Waals surface area contributed by atoms with Gasteiger partial charge in [0, 0.05) is 13.1 Å². The average molecular weight is 302 g/mol. The number of aliphatic hydroxyl groups is 1. The van der Waals surface area contributed by atoms with Crippen LogP contribution in [0.25, 0.3) is 0 Å². The summed E-state index contributed by atoms with van der Waals surface area (Å²) in [5, 5.41) is 13.9. The van der Waals surface area contributed by atoms with E-state index < -0.39 is 26.6 Å². The molecule has 0 aromatic heterocycles. The molecule has 0 bridgehead atoms. The molecule has 0 aliphatic carbocycles. The highest BCUT2D eigenvalue weighted by atomic mass is 32.2. The molecule has 1 rings (SSSR count). The van der Waals surface area contributed by atoms with Crippen LogP contribution in [0.5, 0.6) is 0 Å². The van der Waals surface area contributed by atoms with Gasteiger partial charge in [-0.15, -0.1) is 6.58 Å². The number of hydrogen-bond acceptors (Lipinski definition) is 4. The molecule has 110 valence electrons. The fourth-order valence-corrected chi connectivity index (χ4v) is 2.35. The first-order valence-corrected chi connectivity index (χ1v) is 7.19. The van der Waals surface area contributed by atoms with Gasteiger partial charge in [-0.05, 0) is 18.2 Å². The number of primary sulfonamides is 1. The number of carbonyl (C=O) groups excluding carboxylic acids is 1. The topological polar surface area (TPSA) is 101 Å². The molecule has 0 spiro atoms. The van der Waals surface area contributed by atoms with Gasteiger partial charge in [0.25, 0.3) is 5.91 Å². The Morgan fingerprint density at radius 3 is 2.65 bits per heavy atom. The molecule has 0 aliphatic heterocycles. The summed E-state index contributed by atoms with van der Waals surface area (Å²) >= 11 is 0. The van der Waals surface area contributed by atoms with E-state index in [0.29, 0.717) is 0 Å². The Morgan fingerprint density at radius 1 is 1.50 bits per heavy atom. The van der Waals surface area contributed by atoms with Crippen LogP contribution in [0, 0.1) is 5.82 Å². The maximum Gasteiger partial charge on any atom is 0.255 e. The van der Waals surface area contributed by atoms with Crippen LogP contribution in [0.4, 0.5) is 4.39 Å². The number of carbonyl (C=O) groups is 1. The summed E-state index contributed by atoms with van der Waals surface area (Å²) in [6.07, 6.45) is 1.41. The van der Waals surface area contributed by atoms with Gasteiger partial charge in [0.05, 0.1) is 17.1 Å². The van der Waals surface area contributed by atoms with Crippen molar-refractivity contribution >= 4 is 15.9 Å². The molecule has 0 unspecified atom stereocenters. The minimum absolute atomic E-state index is 0.0363. The van der Waals surface area contributed by atoms with E-state index in [0.717, 1.165) is 23.1 Å². The van der Waals surface area contributed by atoms with E-state index in [9.17, 15) is 17.6 Å². The monoisotopic (exact) mass is 302 g/mol. The van der Waals surface area contributed by atoms with Gasteiger partial charge in [0.15, 0.2) is 0 Å². The largest absolute Gasteiger partial charge is 0.395 e. The predicted molar refractivity (Wildman–Crippen MR) is 71.0 cm³/mol. The molecular formula is C12H15FN2O4S. The molecule has 3 N–H and O–H groups in total. The first-order chi connectivity index (χ1) is 9.31. The van der Waals surface area contributed by atoms with E-state index >= 15 is 0 Å². The molecule has 6 nitrogen and oxygen atoms in total.